The Hall–Kier alpha value is -0.930. The van der Waals surface area contributed by atoms with Crippen LogP contribution in [0.4, 0.5) is 0 Å². The van der Waals surface area contributed by atoms with E-state index in [0.717, 1.165) is 25.0 Å². The smallest absolute Gasteiger partial charge is 0.107 e. The molecular formula is C10H13NO2. The molecule has 0 aliphatic carbocycles. The molecule has 2 heterocycles. The first-order chi connectivity index (χ1) is 6.38. The molecule has 1 aromatic heterocycles. The van der Waals surface area contributed by atoms with Crippen LogP contribution in [0.25, 0.3) is 0 Å². The summed E-state index contributed by atoms with van der Waals surface area (Å²) in [6.45, 7) is 0.766. The number of ether oxygens (including phenoxy) is 1. The summed E-state index contributed by atoms with van der Waals surface area (Å²) in [5.41, 5.74) is 0.842. The van der Waals surface area contributed by atoms with E-state index in [0.29, 0.717) is 0 Å². The summed E-state index contributed by atoms with van der Waals surface area (Å²) >= 11 is 0. The van der Waals surface area contributed by atoms with Crippen molar-refractivity contribution >= 4 is 0 Å². The van der Waals surface area contributed by atoms with Crippen molar-refractivity contribution in [1.29, 1.82) is 0 Å². The molecule has 1 N–H and O–H groups in total. The Balaban J connectivity index is 2.08. The third-order valence-electron chi connectivity index (χ3n) is 2.34. The predicted molar refractivity (Wildman–Crippen MR) is 48.2 cm³/mol. The molecular weight excluding hydrogens is 166 g/mol. The molecule has 2 atom stereocenters. The number of aromatic nitrogens is 1. The van der Waals surface area contributed by atoms with E-state index in [4.69, 9.17) is 4.74 Å². The number of hydrogen-bond acceptors (Lipinski definition) is 3. The Morgan fingerprint density at radius 3 is 3.15 bits per heavy atom. The van der Waals surface area contributed by atoms with Crippen molar-refractivity contribution in [1.82, 2.24) is 4.98 Å². The number of nitrogens with zero attached hydrogens (tertiary/aromatic N) is 1. The van der Waals surface area contributed by atoms with Crippen LogP contribution in [0.5, 0.6) is 0 Å². The molecule has 1 aliphatic rings. The van der Waals surface area contributed by atoms with E-state index in [1.54, 1.807) is 12.4 Å². The molecule has 1 aromatic rings. The number of aliphatic hydroxyl groups is 1. The van der Waals surface area contributed by atoms with Gasteiger partial charge in [-0.1, -0.05) is 6.07 Å². The monoisotopic (exact) mass is 179 g/mol. The van der Waals surface area contributed by atoms with Gasteiger partial charge >= 0.3 is 0 Å². The second-order valence-corrected chi connectivity index (χ2v) is 3.28. The lowest BCUT2D eigenvalue weighted by Gasteiger charge is -2.16. The van der Waals surface area contributed by atoms with Crippen molar-refractivity contribution in [2.45, 2.75) is 25.0 Å². The van der Waals surface area contributed by atoms with Gasteiger partial charge in [0, 0.05) is 24.6 Å². The standard InChI is InChI=1S/C10H13NO2/c12-10(9-4-2-6-13-9)8-3-1-5-11-7-8/h1,3,5,7,9-10,12H,2,4,6H2. The lowest BCUT2D eigenvalue weighted by molar-refractivity contribution is -0.00274. The van der Waals surface area contributed by atoms with Crippen LogP contribution >= 0.6 is 0 Å². The van der Waals surface area contributed by atoms with Crippen molar-refractivity contribution in [3.05, 3.63) is 30.1 Å². The van der Waals surface area contributed by atoms with Crippen LogP contribution < -0.4 is 0 Å². The molecule has 0 aromatic carbocycles. The molecule has 3 heteroatoms. The second-order valence-electron chi connectivity index (χ2n) is 3.28. The molecule has 0 bridgehead atoms. The van der Waals surface area contributed by atoms with E-state index in [1.807, 2.05) is 12.1 Å². The van der Waals surface area contributed by atoms with Crippen LogP contribution in [0.3, 0.4) is 0 Å². The van der Waals surface area contributed by atoms with Gasteiger partial charge in [-0.05, 0) is 18.9 Å². The van der Waals surface area contributed by atoms with Gasteiger partial charge < -0.3 is 9.84 Å². The molecule has 2 unspecified atom stereocenters. The van der Waals surface area contributed by atoms with Gasteiger partial charge in [0.05, 0.1) is 6.10 Å². The fraction of sp³-hybridized carbons (Fsp3) is 0.500. The Labute approximate surface area is 77.4 Å². The molecule has 1 saturated heterocycles. The van der Waals surface area contributed by atoms with Gasteiger partial charge in [0.25, 0.3) is 0 Å². The fourth-order valence-corrected chi connectivity index (χ4v) is 1.62. The number of rotatable bonds is 2. The zero-order valence-corrected chi connectivity index (χ0v) is 7.39. The molecule has 2 rings (SSSR count). The first-order valence-corrected chi connectivity index (χ1v) is 4.57. The molecule has 1 fully saturated rings. The third kappa shape index (κ3) is 1.87. The Morgan fingerprint density at radius 1 is 1.62 bits per heavy atom. The quantitative estimate of drug-likeness (QED) is 0.744. The highest BCUT2D eigenvalue weighted by atomic mass is 16.5. The average molecular weight is 179 g/mol. The molecule has 0 radical (unpaired) electrons. The summed E-state index contributed by atoms with van der Waals surface area (Å²) in [6, 6.07) is 3.70. The van der Waals surface area contributed by atoms with Crippen molar-refractivity contribution < 1.29 is 9.84 Å². The van der Waals surface area contributed by atoms with Crippen LogP contribution in [0, 0.1) is 0 Å². The summed E-state index contributed by atoms with van der Waals surface area (Å²) in [6.07, 6.45) is 4.82. The highest BCUT2D eigenvalue weighted by Crippen LogP contribution is 2.25. The summed E-state index contributed by atoms with van der Waals surface area (Å²) in [7, 11) is 0. The van der Waals surface area contributed by atoms with E-state index < -0.39 is 6.10 Å². The Morgan fingerprint density at radius 2 is 2.54 bits per heavy atom. The predicted octanol–water partition coefficient (Wildman–Crippen LogP) is 1.29. The SMILES string of the molecule is OC(c1cccnc1)C1CCCO1. The number of aliphatic hydroxyl groups excluding tert-OH is 1. The molecule has 13 heavy (non-hydrogen) atoms. The molecule has 0 amide bonds. The molecule has 0 spiro atoms. The summed E-state index contributed by atoms with van der Waals surface area (Å²) in [5, 5.41) is 9.86. The lowest BCUT2D eigenvalue weighted by atomic mass is 10.0. The van der Waals surface area contributed by atoms with Crippen LogP contribution in [0.15, 0.2) is 24.5 Å². The minimum absolute atomic E-state index is 0.0378. The fourth-order valence-electron chi connectivity index (χ4n) is 1.62. The normalized spacial score (nSPS) is 24.5. The van der Waals surface area contributed by atoms with Crippen molar-refractivity contribution in [3.63, 3.8) is 0 Å². The molecule has 1 aliphatic heterocycles. The third-order valence-corrected chi connectivity index (χ3v) is 2.34. The maximum atomic E-state index is 9.86. The van der Waals surface area contributed by atoms with Crippen LogP contribution in [-0.4, -0.2) is 22.8 Å². The highest BCUT2D eigenvalue weighted by Gasteiger charge is 2.25. The van der Waals surface area contributed by atoms with Crippen LogP contribution in [0.1, 0.15) is 24.5 Å². The second kappa shape index (κ2) is 3.85. The number of pyridine rings is 1. The topological polar surface area (TPSA) is 42.4 Å². The number of hydrogen-bond donors (Lipinski definition) is 1. The van der Waals surface area contributed by atoms with Gasteiger partial charge in [0.15, 0.2) is 0 Å². The Kier molecular flexibility index (Phi) is 2.57. The Bertz CT molecular complexity index is 257. The maximum Gasteiger partial charge on any atom is 0.107 e. The zero-order chi connectivity index (χ0) is 9.10. The minimum Gasteiger partial charge on any atom is -0.386 e. The van der Waals surface area contributed by atoms with Crippen molar-refractivity contribution in [2.75, 3.05) is 6.61 Å². The van der Waals surface area contributed by atoms with E-state index >= 15 is 0 Å². The van der Waals surface area contributed by atoms with Crippen LogP contribution in [-0.2, 0) is 4.74 Å². The van der Waals surface area contributed by atoms with E-state index in [-0.39, 0.29) is 6.10 Å². The van der Waals surface area contributed by atoms with Crippen molar-refractivity contribution in [3.8, 4) is 0 Å². The lowest BCUT2D eigenvalue weighted by Crippen LogP contribution is -2.17. The largest absolute Gasteiger partial charge is 0.386 e. The van der Waals surface area contributed by atoms with E-state index in [1.165, 1.54) is 0 Å². The summed E-state index contributed by atoms with van der Waals surface area (Å²) in [4.78, 5) is 3.96. The van der Waals surface area contributed by atoms with E-state index in [9.17, 15) is 5.11 Å². The van der Waals surface area contributed by atoms with Gasteiger partial charge in [-0.25, -0.2) is 0 Å². The zero-order valence-electron chi connectivity index (χ0n) is 7.39. The van der Waals surface area contributed by atoms with Gasteiger partial charge in [0.1, 0.15) is 6.10 Å². The van der Waals surface area contributed by atoms with Gasteiger partial charge in [-0.15, -0.1) is 0 Å². The van der Waals surface area contributed by atoms with E-state index in [2.05, 4.69) is 4.98 Å². The van der Waals surface area contributed by atoms with Crippen molar-refractivity contribution in [2.24, 2.45) is 0 Å². The van der Waals surface area contributed by atoms with Gasteiger partial charge in [-0.3, -0.25) is 4.98 Å². The van der Waals surface area contributed by atoms with Gasteiger partial charge in [-0.2, -0.15) is 0 Å². The molecule has 3 nitrogen and oxygen atoms in total. The minimum atomic E-state index is -0.517. The average Bonchev–Trinajstić information content (AvgIpc) is 2.71. The first-order valence-electron chi connectivity index (χ1n) is 4.57. The maximum absolute atomic E-state index is 9.86. The highest BCUT2D eigenvalue weighted by molar-refractivity contribution is 5.13. The summed E-state index contributed by atoms with van der Waals surface area (Å²) < 4.78 is 5.39. The van der Waals surface area contributed by atoms with Crippen LogP contribution in [0.2, 0.25) is 0 Å². The summed E-state index contributed by atoms with van der Waals surface area (Å²) in [5.74, 6) is 0. The molecule has 70 valence electrons. The molecule has 0 saturated carbocycles. The van der Waals surface area contributed by atoms with Gasteiger partial charge in [0.2, 0.25) is 0 Å². The first kappa shape index (κ1) is 8.66.